The molecule has 0 radical (unpaired) electrons. The zero-order valence-corrected chi connectivity index (χ0v) is 10.7. The van der Waals surface area contributed by atoms with E-state index in [-0.39, 0.29) is 5.91 Å². The number of carbonyl (C=O) groups excluding carboxylic acids is 1. The van der Waals surface area contributed by atoms with Crippen molar-refractivity contribution in [1.29, 1.82) is 0 Å². The summed E-state index contributed by atoms with van der Waals surface area (Å²) in [5.41, 5.74) is 6.20. The standard InChI is InChI=1S/C12H9Cl2N3O/c13-8-2-1-3-9(14)11(8)17-12(18)7-4-5-10(15)16-6-7/h1-6H,(H2,15,16)(H,17,18). The number of nitrogens with one attached hydrogen (secondary N) is 1. The van der Waals surface area contributed by atoms with Crippen molar-refractivity contribution in [3.05, 3.63) is 52.1 Å². The molecule has 2 aromatic rings. The van der Waals surface area contributed by atoms with Crippen LogP contribution in [0.15, 0.2) is 36.5 Å². The minimum Gasteiger partial charge on any atom is -0.384 e. The Morgan fingerprint density at radius 1 is 1.17 bits per heavy atom. The third-order valence-electron chi connectivity index (χ3n) is 2.25. The van der Waals surface area contributed by atoms with E-state index in [1.807, 2.05) is 0 Å². The monoisotopic (exact) mass is 281 g/mol. The number of benzene rings is 1. The molecule has 1 heterocycles. The van der Waals surface area contributed by atoms with Crippen molar-refractivity contribution in [2.75, 3.05) is 11.1 Å². The highest BCUT2D eigenvalue weighted by Gasteiger charge is 2.11. The summed E-state index contributed by atoms with van der Waals surface area (Å²) in [7, 11) is 0. The van der Waals surface area contributed by atoms with Crippen LogP contribution in [0.25, 0.3) is 0 Å². The molecule has 0 atom stereocenters. The van der Waals surface area contributed by atoms with Gasteiger partial charge in [-0.1, -0.05) is 29.3 Å². The maximum atomic E-state index is 11.9. The first kappa shape index (κ1) is 12.7. The fourth-order valence-corrected chi connectivity index (χ4v) is 1.83. The minimum atomic E-state index is -0.350. The van der Waals surface area contributed by atoms with Gasteiger partial charge in [-0.2, -0.15) is 0 Å². The van der Waals surface area contributed by atoms with Gasteiger partial charge in [0.2, 0.25) is 0 Å². The van der Waals surface area contributed by atoms with Crippen LogP contribution in [0.1, 0.15) is 10.4 Å². The zero-order chi connectivity index (χ0) is 13.1. The Kier molecular flexibility index (Phi) is 3.69. The van der Waals surface area contributed by atoms with E-state index in [1.165, 1.54) is 6.20 Å². The van der Waals surface area contributed by atoms with Gasteiger partial charge in [0.25, 0.3) is 5.91 Å². The molecule has 1 amide bonds. The van der Waals surface area contributed by atoms with Gasteiger partial charge in [-0.15, -0.1) is 0 Å². The molecule has 0 saturated heterocycles. The summed E-state index contributed by atoms with van der Waals surface area (Å²) in [6.45, 7) is 0. The molecule has 0 unspecified atom stereocenters. The molecule has 0 saturated carbocycles. The predicted octanol–water partition coefficient (Wildman–Crippen LogP) is 3.22. The van der Waals surface area contributed by atoms with Crippen LogP contribution < -0.4 is 11.1 Å². The molecule has 0 aliphatic heterocycles. The number of anilines is 2. The molecule has 0 spiro atoms. The number of pyridine rings is 1. The zero-order valence-electron chi connectivity index (χ0n) is 9.15. The van der Waals surface area contributed by atoms with E-state index in [0.29, 0.717) is 27.1 Å². The number of nitrogens with two attached hydrogens (primary N) is 1. The highest BCUT2D eigenvalue weighted by Crippen LogP contribution is 2.30. The number of rotatable bonds is 2. The number of amides is 1. The summed E-state index contributed by atoms with van der Waals surface area (Å²) in [6, 6.07) is 8.10. The number of para-hydroxylation sites is 1. The smallest absolute Gasteiger partial charge is 0.257 e. The summed E-state index contributed by atoms with van der Waals surface area (Å²) in [5, 5.41) is 3.38. The lowest BCUT2D eigenvalue weighted by atomic mass is 10.2. The lowest BCUT2D eigenvalue weighted by molar-refractivity contribution is 0.102. The number of hydrogen-bond donors (Lipinski definition) is 2. The van der Waals surface area contributed by atoms with E-state index in [0.717, 1.165) is 0 Å². The van der Waals surface area contributed by atoms with Gasteiger partial charge in [-0.25, -0.2) is 4.98 Å². The third-order valence-corrected chi connectivity index (χ3v) is 2.88. The third kappa shape index (κ3) is 2.72. The first-order chi connectivity index (χ1) is 8.58. The second-order valence-electron chi connectivity index (χ2n) is 3.52. The number of halogens is 2. The molecular formula is C12H9Cl2N3O. The molecule has 4 nitrogen and oxygen atoms in total. The number of aromatic nitrogens is 1. The van der Waals surface area contributed by atoms with Crippen LogP contribution in [0.2, 0.25) is 10.0 Å². The largest absolute Gasteiger partial charge is 0.384 e. The molecular weight excluding hydrogens is 273 g/mol. The van der Waals surface area contributed by atoms with Crippen molar-refractivity contribution < 1.29 is 4.79 Å². The van der Waals surface area contributed by atoms with Crippen LogP contribution >= 0.6 is 23.2 Å². The minimum absolute atomic E-state index is 0.349. The second-order valence-corrected chi connectivity index (χ2v) is 4.34. The van der Waals surface area contributed by atoms with Crippen molar-refractivity contribution in [2.45, 2.75) is 0 Å². The maximum Gasteiger partial charge on any atom is 0.257 e. The Hall–Kier alpha value is -1.78. The lowest BCUT2D eigenvalue weighted by Gasteiger charge is -2.08. The Balaban J connectivity index is 2.24. The molecule has 1 aromatic heterocycles. The molecule has 1 aromatic carbocycles. The van der Waals surface area contributed by atoms with E-state index in [4.69, 9.17) is 28.9 Å². The van der Waals surface area contributed by atoms with Gasteiger partial charge in [-0.3, -0.25) is 4.79 Å². The highest BCUT2D eigenvalue weighted by molar-refractivity contribution is 6.40. The van der Waals surface area contributed by atoms with Crippen LogP contribution in [-0.2, 0) is 0 Å². The fraction of sp³-hybridized carbons (Fsp3) is 0. The first-order valence-corrected chi connectivity index (χ1v) is 5.80. The molecule has 2 rings (SSSR count). The Labute approximate surface area is 114 Å². The fourth-order valence-electron chi connectivity index (χ4n) is 1.34. The Morgan fingerprint density at radius 3 is 2.39 bits per heavy atom. The van der Waals surface area contributed by atoms with Crippen molar-refractivity contribution >= 4 is 40.6 Å². The SMILES string of the molecule is Nc1ccc(C(=O)Nc2c(Cl)cccc2Cl)cn1. The Bertz CT molecular complexity index is 564. The van der Waals surface area contributed by atoms with Gasteiger partial charge in [0.1, 0.15) is 5.82 Å². The Morgan fingerprint density at radius 2 is 1.83 bits per heavy atom. The number of carbonyl (C=O) groups is 1. The summed E-state index contributed by atoms with van der Waals surface area (Å²) in [4.78, 5) is 15.8. The van der Waals surface area contributed by atoms with Gasteiger partial charge in [0, 0.05) is 6.20 Å². The summed E-state index contributed by atoms with van der Waals surface area (Å²) in [5.74, 6) is -0.000161. The second kappa shape index (κ2) is 5.25. The molecule has 6 heteroatoms. The van der Waals surface area contributed by atoms with Crippen molar-refractivity contribution in [1.82, 2.24) is 4.98 Å². The van der Waals surface area contributed by atoms with Gasteiger partial charge < -0.3 is 11.1 Å². The summed E-state index contributed by atoms with van der Waals surface area (Å²) < 4.78 is 0. The summed E-state index contributed by atoms with van der Waals surface area (Å²) in [6.07, 6.45) is 1.38. The number of hydrogen-bond acceptors (Lipinski definition) is 3. The van der Waals surface area contributed by atoms with Crippen LogP contribution in [-0.4, -0.2) is 10.9 Å². The van der Waals surface area contributed by atoms with Gasteiger partial charge in [-0.05, 0) is 24.3 Å². The molecule has 18 heavy (non-hydrogen) atoms. The van der Waals surface area contributed by atoms with E-state index in [9.17, 15) is 4.79 Å². The van der Waals surface area contributed by atoms with Crippen molar-refractivity contribution in [3.63, 3.8) is 0 Å². The average molecular weight is 282 g/mol. The quantitative estimate of drug-likeness (QED) is 0.888. The predicted molar refractivity (Wildman–Crippen MR) is 73.1 cm³/mol. The van der Waals surface area contributed by atoms with Gasteiger partial charge >= 0.3 is 0 Å². The number of nitrogen functional groups attached to an aromatic ring is 1. The van der Waals surface area contributed by atoms with E-state index in [1.54, 1.807) is 30.3 Å². The van der Waals surface area contributed by atoms with E-state index >= 15 is 0 Å². The highest BCUT2D eigenvalue weighted by atomic mass is 35.5. The molecule has 3 N–H and O–H groups in total. The molecule has 0 bridgehead atoms. The van der Waals surface area contributed by atoms with Gasteiger partial charge in [0.05, 0.1) is 21.3 Å². The van der Waals surface area contributed by atoms with Crippen LogP contribution in [0.5, 0.6) is 0 Å². The molecule has 0 aliphatic rings. The normalized spacial score (nSPS) is 10.1. The maximum absolute atomic E-state index is 11.9. The van der Waals surface area contributed by atoms with Crippen LogP contribution in [0, 0.1) is 0 Å². The molecule has 92 valence electrons. The molecule has 0 aliphatic carbocycles. The van der Waals surface area contributed by atoms with Crippen molar-refractivity contribution in [3.8, 4) is 0 Å². The van der Waals surface area contributed by atoms with E-state index < -0.39 is 0 Å². The first-order valence-electron chi connectivity index (χ1n) is 5.05. The van der Waals surface area contributed by atoms with Gasteiger partial charge in [0.15, 0.2) is 0 Å². The summed E-state index contributed by atoms with van der Waals surface area (Å²) >= 11 is 11.9. The van der Waals surface area contributed by atoms with Crippen LogP contribution in [0.3, 0.4) is 0 Å². The number of nitrogens with zero attached hydrogens (tertiary/aromatic N) is 1. The topological polar surface area (TPSA) is 68.0 Å². The lowest BCUT2D eigenvalue weighted by Crippen LogP contribution is -2.13. The van der Waals surface area contributed by atoms with Crippen molar-refractivity contribution in [2.24, 2.45) is 0 Å². The molecule has 0 fully saturated rings. The average Bonchev–Trinajstić information content (AvgIpc) is 2.34. The van der Waals surface area contributed by atoms with Crippen LogP contribution in [0.4, 0.5) is 11.5 Å². The van der Waals surface area contributed by atoms with E-state index in [2.05, 4.69) is 10.3 Å².